The molecule has 0 unspecified atom stereocenters. The summed E-state index contributed by atoms with van der Waals surface area (Å²) in [6.07, 6.45) is 2.13. The van der Waals surface area contributed by atoms with Gasteiger partial charge in [0.1, 0.15) is 36.2 Å². The maximum atomic E-state index is 15.8. The number of likely N-dealkylation sites (tertiary alicyclic amines) is 1. The van der Waals surface area contributed by atoms with Gasteiger partial charge < -0.3 is 29.4 Å². The fourth-order valence-electron chi connectivity index (χ4n) is 10.4. The Balaban J connectivity index is 0.706. The topological polar surface area (TPSA) is 199 Å². The number of aryl methyl sites for hydroxylation is 1. The summed E-state index contributed by atoms with van der Waals surface area (Å²) >= 11 is 1.59. The van der Waals surface area contributed by atoms with Crippen LogP contribution in [0.15, 0.2) is 95.2 Å². The van der Waals surface area contributed by atoms with Crippen LogP contribution in [0.4, 0.5) is 24.5 Å². The zero-order valence-electron chi connectivity index (χ0n) is 43.0. The van der Waals surface area contributed by atoms with Crippen LogP contribution in [-0.2, 0) is 26.3 Å². The molecule has 10 rings (SSSR count). The van der Waals surface area contributed by atoms with Crippen LogP contribution < -0.4 is 19.7 Å². The zero-order valence-corrected chi connectivity index (χ0v) is 44.6. The van der Waals surface area contributed by atoms with Crippen molar-refractivity contribution in [2.24, 2.45) is 11.8 Å². The summed E-state index contributed by atoms with van der Waals surface area (Å²) in [5, 5.41) is 7.55. The molecule has 0 spiro atoms. The van der Waals surface area contributed by atoms with Crippen molar-refractivity contribution < 1.29 is 45.2 Å². The number of halogens is 3. The second kappa shape index (κ2) is 22.4. The van der Waals surface area contributed by atoms with Crippen LogP contribution in [0, 0.1) is 30.4 Å². The number of pyridine rings is 1. The number of H-pyrrole nitrogens is 1. The van der Waals surface area contributed by atoms with E-state index in [-0.39, 0.29) is 42.2 Å². The summed E-state index contributed by atoms with van der Waals surface area (Å²) in [6, 6.07) is 20.4. The van der Waals surface area contributed by atoms with Crippen molar-refractivity contribution in [3.8, 4) is 27.4 Å². The molecule has 22 heteroatoms. The second-order valence-corrected chi connectivity index (χ2v) is 22.9. The van der Waals surface area contributed by atoms with Crippen LogP contribution in [0.2, 0.25) is 0 Å². The summed E-state index contributed by atoms with van der Waals surface area (Å²) in [4.78, 5) is 60.8. The molecule has 4 atom stereocenters. The van der Waals surface area contributed by atoms with Crippen LogP contribution in [0.25, 0.3) is 32.6 Å². The van der Waals surface area contributed by atoms with Crippen molar-refractivity contribution >= 4 is 61.6 Å². The van der Waals surface area contributed by atoms with Crippen molar-refractivity contribution in [1.82, 2.24) is 39.5 Å². The van der Waals surface area contributed by atoms with E-state index in [0.29, 0.717) is 60.9 Å². The first-order chi connectivity index (χ1) is 37.0. The van der Waals surface area contributed by atoms with Gasteiger partial charge in [-0.2, -0.15) is 12.7 Å². The Morgan fingerprint density at radius 1 is 0.935 bits per heavy atom. The molecular formula is C55H59F3N10O7S2. The molecule has 0 saturated carbocycles. The Morgan fingerprint density at radius 3 is 2.39 bits per heavy atom. The number of nitrogens with one attached hydrogen (secondary N) is 3. The van der Waals surface area contributed by atoms with E-state index in [1.807, 2.05) is 79.5 Å². The van der Waals surface area contributed by atoms with Gasteiger partial charge in [0, 0.05) is 99.6 Å². The van der Waals surface area contributed by atoms with Gasteiger partial charge in [-0.1, -0.05) is 57.2 Å². The lowest BCUT2D eigenvalue weighted by atomic mass is 9.91. The Morgan fingerprint density at radius 2 is 1.69 bits per heavy atom. The molecule has 3 fully saturated rings. The number of nitrogens with zero attached hydrogens (tertiary/aromatic N) is 7. The van der Waals surface area contributed by atoms with Crippen LogP contribution in [0.1, 0.15) is 72.5 Å². The number of ketones is 1. The first kappa shape index (κ1) is 53.3. The number of aromatic amines is 1. The molecule has 4 aromatic heterocycles. The lowest BCUT2D eigenvalue weighted by Gasteiger charge is -2.36. The molecule has 3 aromatic carbocycles. The van der Waals surface area contributed by atoms with E-state index in [2.05, 4.69) is 42.1 Å². The van der Waals surface area contributed by atoms with Gasteiger partial charge in [-0.05, 0) is 83.8 Å². The standard InChI is InChI=1S/C55H59F3N10O7S2/c1-32(2)48(55(71)68-29-33(3)23-45(68)54(70)61-26-35-5-7-37(8-6-35)52-34(4)62-31-76-52)46-25-47(63-75-46)74-22-21-65-17-19-66(20-18-65)40-11-9-36(10-12-40)38-24-41-42(28-60-53(41)59-27-38)51(69)49-43(57)13-14-44(50(49)58)64-77(72,73)67-16-15-39(56)30-67/h5-14,24-25,27-28,31-33,39,45,48,64H,15-23,26,29-30H2,1-4H3,(H,59,60)(H,61,70)/t33-,39-,45+,48+/m1/s1. The van der Waals surface area contributed by atoms with Gasteiger partial charge in [-0.15, -0.1) is 11.3 Å². The number of piperazine rings is 1. The minimum absolute atomic E-state index is 0.00475. The maximum absolute atomic E-state index is 15.8. The molecule has 2 amide bonds. The number of benzene rings is 3. The summed E-state index contributed by atoms with van der Waals surface area (Å²) in [7, 11) is -4.37. The van der Waals surface area contributed by atoms with Gasteiger partial charge in [-0.25, -0.2) is 23.1 Å². The molecule has 3 N–H and O–H groups in total. The highest BCUT2D eigenvalue weighted by Crippen LogP contribution is 2.35. The Kier molecular flexibility index (Phi) is 15.5. The molecule has 7 heterocycles. The predicted molar refractivity (Wildman–Crippen MR) is 287 cm³/mol. The summed E-state index contributed by atoms with van der Waals surface area (Å²) < 4.78 is 85.1. The maximum Gasteiger partial charge on any atom is 0.301 e. The van der Waals surface area contributed by atoms with E-state index >= 15 is 8.78 Å². The third kappa shape index (κ3) is 11.5. The van der Waals surface area contributed by atoms with Gasteiger partial charge in [0.25, 0.3) is 5.88 Å². The number of aromatic nitrogens is 4. The van der Waals surface area contributed by atoms with Crippen LogP contribution >= 0.6 is 11.3 Å². The summed E-state index contributed by atoms with van der Waals surface area (Å²) in [5.74, 6) is -3.91. The fourth-order valence-corrected chi connectivity index (χ4v) is 12.5. The van der Waals surface area contributed by atoms with E-state index in [9.17, 15) is 27.2 Å². The van der Waals surface area contributed by atoms with Crippen molar-refractivity contribution in [2.45, 2.75) is 65.2 Å². The molecule has 3 aliphatic heterocycles. The number of rotatable bonds is 18. The molecular weight excluding hydrogens is 1030 g/mol. The Bertz CT molecular complexity index is 3400. The molecule has 77 heavy (non-hydrogen) atoms. The smallest absolute Gasteiger partial charge is 0.301 e. The first-order valence-electron chi connectivity index (χ1n) is 25.7. The average molecular weight is 1090 g/mol. The molecule has 404 valence electrons. The van der Waals surface area contributed by atoms with E-state index in [1.165, 1.54) is 6.20 Å². The highest BCUT2D eigenvalue weighted by atomic mass is 32.2. The van der Waals surface area contributed by atoms with Crippen molar-refractivity contribution in [3.63, 3.8) is 0 Å². The van der Waals surface area contributed by atoms with Crippen LogP contribution in [-0.4, -0.2) is 131 Å². The quantitative estimate of drug-likeness (QED) is 0.0696. The predicted octanol–water partition coefficient (Wildman–Crippen LogP) is 8.35. The highest BCUT2D eigenvalue weighted by molar-refractivity contribution is 7.90. The van der Waals surface area contributed by atoms with Gasteiger partial charge >= 0.3 is 10.2 Å². The average Bonchev–Trinajstić information content (AvgIpc) is 4.32. The Labute approximate surface area is 448 Å². The number of hydrogen-bond acceptors (Lipinski definition) is 13. The minimum atomic E-state index is -4.37. The molecule has 0 bridgehead atoms. The number of carbonyl (C=O) groups is 3. The molecule has 3 saturated heterocycles. The van der Waals surface area contributed by atoms with Crippen molar-refractivity contribution in [2.75, 3.05) is 68.6 Å². The molecule has 0 radical (unpaired) electrons. The van der Waals surface area contributed by atoms with Crippen molar-refractivity contribution in [3.05, 3.63) is 130 Å². The van der Waals surface area contributed by atoms with Crippen molar-refractivity contribution in [1.29, 1.82) is 0 Å². The molecule has 0 aliphatic carbocycles. The van der Waals surface area contributed by atoms with Gasteiger partial charge in [0.2, 0.25) is 17.6 Å². The van der Waals surface area contributed by atoms with Gasteiger partial charge in [0.05, 0.1) is 27.3 Å². The summed E-state index contributed by atoms with van der Waals surface area (Å²) in [6.45, 7) is 12.3. The number of thiazole rings is 1. The number of fused-ring (bicyclic) bond motifs is 1. The number of ether oxygens (including phenoxy) is 1. The number of alkyl halides is 1. The monoisotopic (exact) mass is 1090 g/mol. The molecule has 7 aromatic rings. The lowest BCUT2D eigenvalue weighted by Crippen LogP contribution is -2.47. The lowest BCUT2D eigenvalue weighted by molar-refractivity contribution is -0.140. The highest BCUT2D eigenvalue weighted by Gasteiger charge is 2.43. The number of anilines is 2. The van der Waals surface area contributed by atoms with Crippen LogP contribution in [0.5, 0.6) is 5.88 Å². The number of amides is 2. The fraction of sp³-hybridized carbons (Fsp3) is 0.382. The number of carbonyl (C=O) groups excluding carboxylic acids is 3. The van der Waals surface area contributed by atoms with E-state index in [0.717, 1.165) is 75.6 Å². The first-order valence-corrected chi connectivity index (χ1v) is 28.0. The van der Waals surface area contributed by atoms with E-state index in [4.69, 9.17) is 9.26 Å². The normalized spacial score (nSPS) is 18.8. The third-order valence-electron chi connectivity index (χ3n) is 14.6. The summed E-state index contributed by atoms with van der Waals surface area (Å²) in [5.41, 5.74) is 5.97. The van der Waals surface area contributed by atoms with E-state index < -0.39 is 63.6 Å². The number of hydrogen-bond donors (Lipinski definition) is 3. The molecule has 17 nitrogen and oxygen atoms in total. The van der Waals surface area contributed by atoms with Gasteiger partial charge in [-0.3, -0.25) is 24.0 Å². The SMILES string of the molecule is Cc1ncsc1-c1ccc(CNC(=O)[C@@H]2C[C@@H](C)CN2C(=O)[C@H](c2cc(OCCN3CCN(c4ccc(-c5cnc6[nH]cc(C(=O)c7c(F)ccc(NS(=O)(=O)N8CC[C@@H](F)C8)c7F)c6c5)cc4)CC3)no2)C(C)C)cc1. The third-order valence-corrected chi connectivity index (χ3v) is 17.1. The Hall–Kier alpha value is -7.14. The largest absolute Gasteiger partial charge is 0.474 e. The second-order valence-electron chi connectivity index (χ2n) is 20.3. The molecule has 3 aliphatic rings. The minimum Gasteiger partial charge on any atom is -0.474 e. The zero-order chi connectivity index (χ0) is 54.1. The van der Waals surface area contributed by atoms with Crippen LogP contribution in [0.3, 0.4) is 0 Å². The van der Waals surface area contributed by atoms with Gasteiger partial charge in [0.15, 0.2) is 11.6 Å². The van der Waals surface area contributed by atoms with E-state index in [1.54, 1.807) is 34.6 Å².